The van der Waals surface area contributed by atoms with Crippen molar-refractivity contribution in [2.45, 2.75) is 22.8 Å². The maximum Gasteiger partial charge on any atom is 0.322 e. The first-order chi connectivity index (χ1) is 18.6. The lowest BCUT2D eigenvalue weighted by Crippen LogP contribution is -2.35. The molecule has 1 amide bonds. The van der Waals surface area contributed by atoms with Gasteiger partial charge in [0, 0.05) is 38.3 Å². The van der Waals surface area contributed by atoms with Gasteiger partial charge in [-0.05, 0) is 66.1 Å². The Bertz CT molecular complexity index is 1730. The van der Waals surface area contributed by atoms with Crippen molar-refractivity contribution in [1.82, 2.24) is 18.8 Å². The highest BCUT2D eigenvalue weighted by Crippen LogP contribution is 2.26. The molecule has 39 heavy (non-hydrogen) atoms. The molecule has 5 rings (SSSR count). The molecule has 11 nitrogen and oxygen atoms in total. The monoisotopic (exact) mass is 567 g/mol. The second kappa shape index (κ2) is 10.3. The van der Waals surface area contributed by atoms with E-state index in [0.717, 1.165) is 15.4 Å². The largest absolute Gasteiger partial charge is 0.403 e. The van der Waals surface area contributed by atoms with Crippen molar-refractivity contribution >= 4 is 32.0 Å². The van der Waals surface area contributed by atoms with Gasteiger partial charge >= 0.3 is 6.01 Å². The van der Waals surface area contributed by atoms with Crippen LogP contribution in [0.2, 0.25) is 0 Å². The zero-order valence-electron chi connectivity index (χ0n) is 21.1. The van der Waals surface area contributed by atoms with Crippen LogP contribution in [0, 0.1) is 0 Å². The van der Waals surface area contributed by atoms with E-state index in [1.54, 1.807) is 0 Å². The Hall–Kier alpha value is -3.91. The van der Waals surface area contributed by atoms with Crippen molar-refractivity contribution in [2.75, 3.05) is 26.0 Å². The number of nitrogens with one attached hydrogen (secondary N) is 1. The number of aromatic nitrogens is 2. The summed E-state index contributed by atoms with van der Waals surface area (Å²) in [5, 5.41) is 10.2. The van der Waals surface area contributed by atoms with E-state index in [2.05, 4.69) is 15.5 Å². The van der Waals surface area contributed by atoms with E-state index < -0.39 is 26.0 Å². The Morgan fingerprint density at radius 1 is 0.872 bits per heavy atom. The Morgan fingerprint density at radius 2 is 1.51 bits per heavy atom. The van der Waals surface area contributed by atoms with Crippen molar-refractivity contribution in [3.63, 3.8) is 0 Å². The minimum Gasteiger partial charge on any atom is -0.403 e. The topological polar surface area (TPSA) is 143 Å². The lowest BCUT2D eigenvalue weighted by atomic mass is 10.0. The van der Waals surface area contributed by atoms with Crippen LogP contribution in [0.25, 0.3) is 11.5 Å². The Labute approximate surface area is 226 Å². The number of anilines is 1. The van der Waals surface area contributed by atoms with Gasteiger partial charge in [-0.2, -0.15) is 4.31 Å². The predicted octanol–water partition coefficient (Wildman–Crippen LogP) is 2.99. The number of carbonyl (C=O) groups is 1. The van der Waals surface area contributed by atoms with Crippen LogP contribution in [-0.4, -0.2) is 62.2 Å². The van der Waals surface area contributed by atoms with Gasteiger partial charge in [-0.15, -0.1) is 5.10 Å². The van der Waals surface area contributed by atoms with Gasteiger partial charge in [0.25, 0.3) is 5.91 Å². The van der Waals surface area contributed by atoms with E-state index in [4.69, 9.17) is 4.42 Å². The third-order valence-corrected chi connectivity index (χ3v) is 10.1. The third kappa shape index (κ3) is 5.34. The van der Waals surface area contributed by atoms with Gasteiger partial charge in [-0.25, -0.2) is 21.1 Å². The molecule has 1 aliphatic rings. The van der Waals surface area contributed by atoms with Crippen molar-refractivity contribution in [3.05, 3.63) is 89.5 Å². The summed E-state index contributed by atoms with van der Waals surface area (Å²) in [6.07, 6.45) is 0.640. The summed E-state index contributed by atoms with van der Waals surface area (Å²) in [7, 11) is -4.43. The second-order valence-corrected chi connectivity index (χ2v) is 13.1. The van der Waals surface area contributed by atoms with Gasteiger partial charge in [0.2, 0.25) is 25.9 Å². The van der Waals surface area contributed by atoms with Crippen molar-refractivity contribution in [2.24, 2.45) is 0 Å². The molecule has 2 heterocycles. The lowest BCUT2D eigenvalue weighted by molar-refractivity contribution is 0.102. The van der Waals surface area contributed by atoms with Gasteiger partial charge in [0.15, 0.2) is 0 Å². The van der Waals surface area contributed by atoms with Crippen molar-refractivity contribution < 1.29 is 26.0 Å². The number of rotatable bonds is 7. The Balaban J connectivity index is 1.25. The number of fused-ring (bicyclic) bond motifs is 1. The number of sulfonamides is 2. The maximum atomic E-state index is 13.2. The minimum atomic E-state index is -3.73. The van der Waals surface area contributed by atoms with Crippen LogP contribution in [0.4, 0.5) is 6.01 Å². The Morgan fingerprint density at radius 3 is 2.18 bits per heavy atom. The average molecular weight is 568 g/mol. The highest BCUT2D eigenvalue weighted by atomic mass is 32.2. The van der Waals surface area contributed by atoms with Crippen LogP contribution < -0.4 is 5.32 Å². The molecule has 1 N–H and O–H groups in total. The maximum absolute atomic E-state index is 13.2. The average Bonchev–Trinajstić information content (AvgIpc) is 3.41. The summed E-state index contributed by atoms with van der Waals surface area (Å²) in [4.78, 5) is 12.9. The summed E-state index contributed by atoms with van der Waals surface area (Å²) in [5.41, 5.74) is 2.80. The molecule has 0 saturated carbocycles. The molecule has 0 atom stereocenters. The zero-order chi connectivity index (χ0) is 27.8. The first-order valence-corrected chi connectivity index (χ1v) is 14.8. The summed E-state index contributed by atoms with van der Waals surface area (Å²) in [6.45, 7) is 0.684. The van der Waals surface area contributed by atoms with Gasteiger partial charge in [0.05, 0.1) is 9.79 Å². The minimum absolute atomic E-state index is 0.0867. The quantitative estimate of drug-likeness (QED) is 0.359. The van der Waals surface area contributed by atoms with Gasteiger partial charge in [0.1, 0.15) is 0 Å². The summed E-state index contributed by atoms with van der Waals surface area (Å²) < 4.78 is 58.9. The van der Waals surface area contributed by atoms with E-state index in [1.807, 2.05) is 24.3 Å². The smallest absolute Gasteiger partial charge is 0.322 e. The fraction of sp³-hybridized carbons (Fsp3) is 0.192. The molecular formula is C26H25N5O6S2. The number of hydrogen-bond donors (Lipinski definition) is 1. The van der Waals surface area contributed by atoms with Crippen LogP contribution >= 0.6 is 0 Å². The van der Waals surface area contributed by atoms with E-state index in [0.29, 0.717) is 25.1 Å². The Kier molecular flexibility index (Phi) is 7.07. The predicted molar refractivity (Wildman–Crippen MR) is 143 cm³/mol. The number of amides is 1. The van der Waals surface area contributed by atoms with Crippen LogP contribution in [0.1, 0.15) is 21.5 Å². The first kappa shape index (κ1) is 26.7. The molecule has 0 bridgehead atoms. The van der Waals surface area contributed by atoms with E-state index in [-0.39, 0.29) is 27.3 Å². The van der Waals surface area contributed by atoms with E-state index in [1.165, 1.54) is 66.9 Å². The van der Waals surface area contributed by atoms with Gasteiger partial charge in [-0.1, -0.05) is 29.4 Å². The van der Waals surface area contributed by atoms with Crippen LogP contribution in [-0.2, 0) is 33.0 Å². The summed E-state index contributed by atoms with van der Waals surface area (Å²) >= 11 is 0. The van der Waals surface area contributed by atoms with Crippen LogP contribution in [0.15, 0.2) is 87.0 Å². The molecule has 1 aromatic heterocycles. The summed E-state index contributed by atoms with van der Waals surface area (Å²) in [5.74, 6) is -0.475. The number of hydrogen-bond acceptors (Lipinski definition) is 8. The zero-order valence-corrected chi connectivity index (χ0v) is 22.7. The first-order valence-electron chi connectivity index (χ1n) is 11.9. The second-order valence-electron chi connectivity index (χ2n) is 9.06. The fourth-order valence-electron chi connectivity index (χ4n) is 4.14. The molecule has 13 heteroatoms. The van der Waals surface area contributed by atoms with Gasteiger partial charge < -0.3 is 4.42 Å². The molecule has 0 unspecified atom stereocenters. The molecular weight excluding hydrogens is 542 g/mol. The number of benzene rings is 3. The SMILES string of the molecule is CN(C)S(=O)(=O)c1ccc(-c2nnc(NC(=O)c3ccc(S(=O)(=O)N4CCc5ccccc5C4)cc3)o2)cc1. The number of carbonyl (C=O) groups excluding carboxylic acids is 1. The fourth-order valence-corrected chi connectivity index (χ4v) is 6.46. The number of nitrogens with zero attached hydrogens (tertiary/aromatic N) is 4. The highest BCUT2D eigenvalue weighted by Gasteiger charge is 2.28. The molecule has 4 aromatic rings. The third-order valence-electron chi connectivity index (χ3n) is 6.38. The summed E-state index contributed by atoms with van der Waals surface area (Å²) in [6, 6.07) is 19.1. The molecule has 202 valence electrons. The molecule has 1 aliphatic heterocycles. The molecule has 3 aromatic carbocycles. The van der Waals surface area contributed by atoms with Crippen molar-refractivity contribution in [3.8, 4) is 11.5 Å². The van der Waals surface area contributed by atoms with E-state index in [9.17, 15) is 21.6 Å². The molecule has 0 radical (unpaired) electrons. The van der Waals surface area contributed by atoms with E-state index >= 15 is 0 Å². The molecule has 0 fully saturated rings. The molecule has 0 saturated heterocycles. The van der Waals surface area contributed by atoms with Gasteiger partial charge in [-0.3, -0.25) is 10.1 Å². The van der Waals surface area contributed by atoms with Crippen molar-refractivity contribution in [1.29, 1.82) is 0 Å². The highest BCUT2D eigenvalue weighted by molar-refractivity contribution is 7.89. The standard InChI is InChI=1S/C26H25N5O6S2/c1-30(2)38(33,34)22-13-9-20(10-14-22)25-28-29-26(37-25)27-24(32)19-7-11-23(12-8-19)39(35,36)31-16-15-18-5-3-4-6-21(18)17-31/h3-14H,15-17H2,1-2H3,(H,27,29,32). The molecule has 0 aliphatic carbocycles. The normalized spacial score (nSPS) is 14.2. The lowest BCUT2D eigenvalue weighted by Gasteiger charge is -2.28. The van der Waals surface area contributed by atoms with Crippen LogP contribution in [0.5, 0.6) is 0 Å². The van der Waals surface area contributed by atoms with Crippen LogP contribution in [0.3, 0.4) is 0 Å². The molecule has 0 spiro atoms.